The monoisotopic (exact) mass is 369 g/mol. The predicted octanol–water partition coefficient (Wildman–Crippen LogP) is 3.84. The number of carbonyl (C=O) groups is 1. The fourth-order valence-corrected chi connectivity index (χ4v) is 3.11. The van der Waals surface area contributed by atoms with Crippen molar-refractivity contribution < 1.29 is 13.9 Å². The predicted molar refractivity (Wildman–Crippen MR) is 104 cm³/mol. The zero-order valence-corrected chi connectivity index (χ0v) is 16.1. The zero-order chi connectivity index (χ0) is 19.7. The number of fused-ring (bicyclic) bond motifs is 1. The van der Waals surface area contributed by atoms with Crippen LogP contribution in [0.2, 0.25) is 0 Å². The lowest BCUT2D eigenvalue weighted by Crippen LogP contribution is -2.16. The topological polar surface area (TPSA) is 86.4 Å². The molecule has 1 amide bonds. The van der Waals surface area contributed by atoms with E-state index in [-0.39, 0.29) is 17.5 Å². The van der Waals surface area contributed by atoms with Gasteiger partial charge in [-0.2, -0.15) is 5.10 Å². The Morgan fingerprint density at radius 1 is 1.30 bits per heavy atom. The molecule has 3 rings (SSSR count). The van der Waals surface area contributed by atoms with E-state index in [0.29, 0.717) is 29.0 Å². The van der Waals surface area contributed by atoms with Gasteiger partial charge in [-0.25, -0.2) is 4.79 Å². The maximum absolute atomic E-state index is 12.9. The summed E-state index contributed by atoms with van der Waals surface area (Å²) < 4.78 is 12.5. The molecule has 0 spiro atoms. The van der Waals surface area contributed by atoms with Gasteiger partial charge in [0.25, 0.3) is 5.91 Å². The SMILES string of the molecule is CCOc1ccc2c(C(=O)Nc3c(C)nn(C(C)C)c3C)cc(=O)oc2c1. The van der Waals surface area contributed by atoms with Crippen LogP contribution in [0.25, 0.3) is 11.0 Å². The van der Waals surface area contributed by atoms with Crippen LogP contribution in [-0.2, 0) is 0 Å². The van der Waals surface area contributed by atoms with E-state index in [9.17, 15) is 9.59 Å². The quantitative estimate of drug-likeness (QED) is 0.691. The number of hydrogen-bond acceptors (Lipinski definition) is 5. The molecule has 0 saturated heterocycles. The Labute approximate surface area is 156 Å². The van der Waals surface area contributed by atoms with Crippen LogP contribution in [0.4, 0.5) is 5.69 Å². The van der Waals surface area contributed by atoms with E-state index in [0.717, 1.165) is 11.4 Å². The summed E-state index contributed by atoms with van der Waals surface area (Å²) in [6.45, 7) is 10.2. The molecule has 27 heavy (non-hydrogen) atoms. The van der Waals surface area contributed by atoms with Gasteiger partial charge in [-0.3, -0.25) is 9.48 Å². The van der Waals surface area contributed by atoms with Crippen molar-refractivity contribution in [3.8, 4) is 5.75 Å². The molecule has 2 heterocycles. The van der Waals surface area contributed by atoms with E-state index >= 15 is 0 Å². The summed E-state index contributed by atoms with van der Waals surface area (Å²) in [4.78, 5) is 24.9. The molecule has 0 radical (unpaired) electrons. The molecule has 142 valence electrons. The van der Waals surface area contributed by atoms with Gasteiger partial charge >= 0.3 is 5.63 Å². The largest absolute Gasteiger partial charge is 0.494 e. The average Bonchev–Trinajstić information content (AvgIpc) is 2.89. The highest BCUT2D eigenvalue weighted by Gasteiger charge is 2.19. The third kappa shape index (κ3) is 3.58. The Bertz CT molecular complexity index is 1060. The van der Waals surface area contributed by atoms with Crippen LogP contribution >= 0.6 is 0 Å². The number of nitrogens with one attached hydrogen (secondary N) is 1. The summed E-state index contributed by atoms with van der Waals surface area (Å²) in [5.41, 5.74) is 2.21. The van der Waals surface area contributed by atoms with Crippen molar-refractivity contribution in [2.75, 3.05) is 11.9 Å². The van der Waals surface area contributed by atoms with E-state index < -0.39 is 5.63 Å². The van der Waals surface area contributed by atoms with Crippen molar-refractivity contribution in [2.24, 2.45) is 0 Å². The molecule has 0 fully saturated rings. The van der Waals surface area contributed by atoms with Crippen LogP contribution in [0, 0.1) is 13.8 Å². The normalized spacial score (nSPS) is 11.2. The van der Waals surface area contributed by atoms with Crippen LogP contribution in [0.1, 0.15) is 48.6 Å². The molecule has 0 aliphatic rings. The second-order valence-corrected chi connectivity index (χ2v) is 6.61. The number of ether oxygens (including phenoxy) is 1. The number of benzene rings is 1. The smallest absolute Gasteiger partial charge is 0.337 e. The molecule has 7 heteroatoms. The summed E-state index contributed by atoms with van der Waals surface area (Å²) in [6, 6.07) is 6.46. The van der Waals surface area contributed by atoms with Gasteiger partial charge in [-0.15, -0.1) is 0 Å². The minimum Gasteiger partial charge on any atom is -0.494 e. The molecule has 0 unspecified atom stereocenters. The molecule has 1 N–H and O–H groups in total. The molecule has 2 aromatic heterocycles. The van der Waals surface area contributed by atoms with Crippen molar-refractivity contribution in [3.63, 3.8) is 0 Å². The second-order valence-electron chi connectivity index (χ2n) is 6.61. The molecular weight excluding hydrogens is 346 g/mol. The highest BCUT2D eigenvalue weighted by molar-refractivity contribution is 6.12. The van der Waals surface area contributed by atoms with Gasteiger partial charge in [0.2, 0.25) is 0 Å². The molecule has 1 aromatic carbocycles. The first-order valence-electron chi connectivity index (χ1n) is 8.89. The van der Waals surface area contributed by atoms with Crippen LogP contribution in [0.5, 0.6) is 5.75 Å². The second kappa shape index (κ2) is 7.26. The first-order chi connectivity index (χ1) is 12.8. The molecule has 0 atom stereocenters. The Hall–Kier alpha value is -3.09. The fourth-order valence-electron chi connectivity index (χ4n) is 3.11. The number of hydrogen-bond donors (Lipinski definition) is 1. The third-order valence-corrected chi connectivity index (χ3v) is 4.32. The van der Waals surface area contributed by atoms with Gasteiger partial charge in [0.1, 0.15) is 11.3 Å². The van der Waals surface area contributed by atoms with E-state index in [1.54, 1.807) is 18.2 Å². The molecule has 7 nitrogen and oxygen atoms in total. The van der Waals surface area contributed by atoms with Gasteiger partial charge in [-0.1, -0.05) is 0 Å². The van der Waals surface area contributed by atoms with Crippen molar-refractivity contribution in [1.82, 2.24) is 9.78 Å². The fraction of sp³-hybridized carbons (Fsp3) is 0.350. The summed E-state index contributed by atoms with van der Waals surface area (Å²) >= 11 is 0. The molecule has 3 aromatic rings. The molecular formula is C20H23N3O4. The Morgan fingerprint density at radius 3 is 2.67 bits per heavy atom. The first kappa shape index (κ1) is 18.7. The Balaban J connectivity index is 2.03. The maximum Gasteiger partial charge on any atom is 0.337 e. The minimum atomic E-state index is -0.590. The highest BCUT2D eigenvalue weighted by Crippen LogP contribution is 2.26. The summed E-state index contributed by atoms with van der Waals surface area (Å²) in [6.07, 6.45) is 0. The van der Waals surface area contributed by atoms with Crippen LogP contribution in [-0.4, -0.2) is 22.3 Å². The average molecular weight is 369 g/mol. The number of rotatable bonds is 5. The Kier molecular flexibility index (Phi) is 5.03. The maximum atomic E-state index is 12.9. The summed E-state index contributed by atoms with van der Waals surface area (Å²) in [5, 5.41) is 7.91. The third-order valence-electron chi connectivity index (χ3n) is 4.32. The molecule has 0 aliphatic heterocycles. The number of carbonyl (C=O) groups excluding carboxylic acids is 1. The molecule has 0 aliphatic carbocycles. The summed E-state index contributed by atoms with van der Waals surface area (Å²) in [5.74, 6) is 0.196. The van der Waals surface area contributed by atoms with Gasteiger partial charge in [0, 0.05) is 23.6 Å². The lowest BCUT2D eigenvalue weighted by atomic mass is 10.1. The van der Waals surface area contributed by atoms with E-state index in [1.165, 1.54) is 6.07 Å². The number of aromatic nitrogens is 2. The van der Waals surface area contributed by atoms with E-state index in [1.807, 2.05) is 39.3 Å². The lowest BCUT2D eigenvalue weighted by Gasteiger charge is -2.10. The number of amides is 1. The first-order valence-corrected chi connectivity index (χ1v) is 8.89. The van der Waals surface area contributed by atoms with Crippen molar-refractivity contribution in [2.45, 2.75) is 40.7 Å². The van der Waals surface area contributed by atoms with Crippen molar-refractivity contribution in [3.05, 3.63) is 51.6 Å². The zero-order valence-electron chi connectivity index (χ0n) is 16.1. The minimum absolute atomic E-state index is 0.177. The Morgan fingerprint density at radius 2 is 2.04 bits per heavy atom. The number of aryl methyl sites for hydroxylation is 1. The number of nitrogens with zero attached hydrogens (tertiary/aromatic N) is 2. The molecule has 0 bridgehead atoms. The lowest BCUT2D eigenvalue weighted by molar-refractivity contribution is 0.102. The van der Waals surface area contributed by atoms with E-state index in [4.69, 9.17) is 9.15 Å². The highest BCUT2D eigenvalue weighted by atomic mass is 16.5. The van der Waals surface area contributed by atoms with Gasteiger partial charge in [0.05, 0.1) is 29.2 Å². The summed E-state index contributed by atoms with van der Waals surface area (Å²) in [7, 11) is 0. The van der Waals surface area contributed by atoms with E-state index in [2.05, 4.69) is 10.4 Å². The standard InChI is InChI=1S/C20H23N3O4/c1-6-26-14-7-8-15-16(10-18(24)27-17(15)9-14)20(25)21-19-12(4)22-23(11(2)3)13(19)5/h7-11H,6H2,1-5H3,(H,21,25). The van der Waals surface area contributed by atoms with Crippen LogP contribution in [0.15, 0.2) is 33.5 Å². The van der Waals surface area contributed by atoms with Gasteiger partial charge in [0.15, 0.2) is 0 Å². The van der Waals surface area contributed by atoms with Crippen LogP contribution in [0.3, 0.4) is 0 Å². The number of anilines is 1. The van der Waals surface area contributed by atoms with Crippen molar-refractivity contribution >= 4 is 22.6 Å². The molecule has 0 saturated carbocycles. The van der Waals surface area contributed by atoms with Crippen LogP contribution < -0.4 is 15.7 Å². The van der Waals surface area contributed by atoms with Gasteiger partial charge in [-0.05, 0) is 46.8 Å². The van der Waals surface area contributed by atoms with Crippen molar-refractivity contribution in [1.29, 1.82) is 0 Å². The van der Waals surface area contributed by atoms with Gasteiger partial charge < -0.3 is 14.5 Å².